The summed E-state index contributed by atoms with van der Waals surface area (Å²) in [5.41, 5.74) is 2.09. The topological polar surface area (TPSA) is 67.4 Å². The maximum Gasteiger partial charge on any atom is 0.411 e. The van der Waals surface area contributed by atoms with Gasteiger partial charge in [-0.3, -0.25) is 10.1 Å². The Bertz CT molecular complexity index is 630. The van der Waals surface area contributed by atoms with Gasteiger partial charge in [0.05, 0.1) is 0 Å². The summed E-state index contributed by atoms with van der Waals surface area (Å²) in [6.45, 7) is 0.205. The second kappa shape index (κ2) is 8.05. The van der Waals surface area contributed by atoms with Gasteiger partial charge in [0, 0.05) is 11.4 Å². The quantitative estimate of drug-likeness (QED) is 0.827. The second-order valence-corrected chi connectivity index (χ2v) is 4.71. The predicted octanol–water partition coefficient (Wildman–Crippen LogP) is 3.61. The van der Waals surface area contributed by atoms with Crippen LogP contribution in [-0.4, -0.2) is 17.9 Å². The molecule has 2 aromatic carbocycles. The molecular formula is C16H15ClN2O3. The van der Waals surface area contributed by atoms with E-state index in [1.807, 2.05) is 30.3 Å². The van der Waals surface area contributed by atoms with Crippen LogP contribution in [0.25, 0.3) is 0 Å². The van der Waals surface area contributed by atoms with Gasteiger partial charge in [-0.1, -0.05) is 30.3 Å². The average molecular weight is 319 g/mol. The van der Waals surface area contributed by atoms with Crippen molar-refractivity contribution in [2.45, 2.75) is 6.61 Å². The molecule has 0 saturated heterocycles. The summed E-state index contributed by atoms with van der Waals surface area (Å²) in [6.07, 6.45) is -0.540. The molecule has 0 heterocycles. The number of carbonyl (C=O) groups is 2. The molecule has 0 bridgehead atoms. The predicted molar refractivity (Wildman–Crippen MR) is 86.0 cm³/mol. The van der Waals surface area contributed by atoms with Gasteiger partial charge in [-0.2, -0.15) is 0 Å². The molecule has 0 spiro atoms. The summed E-state index contributed by atoms with van der Waals surface area (Å²) in [5.74, 6) is -0.393. The number of carbonyl (C=O) groups excluding carboxylic acids is 2. The zero-order chi connectivity index (χ0) is 15.8. The summed E-state index contributed by atoms with van der Waals surface area (Å²) < 4.78 is 5.11. The molecule has 22 heavy (non-hydrogen) atoms. The number of nitrogens with one attached hydrogen (secondary N) is 2. The van der Waals surface area contributed by atoms with E-state index in [0.29, 0.717) is 11.4 Å². The third kappa shape index (κ3) is 5.10. The minimum absolute atomic E-state index is 0.105. The number of alkyl halides is 1. The standard InChI is InChI=1S/C16H15ClN2O3/c17-10-15(20)18-13-6-8-14(9-7-13)19-16(21)22-11-12-4-2-1-3-5-12/h1-9H,10-11H2,(H,18,20)(H,19,21). The lowest BCUT2D eigenvalue weighted by Gasteiger charge is -2.08. The molecule has 2 aromatic rings. The minimum Gasteiger partial charge on any atom is -0.444 e. The van der Waals surface area contributed by atoms with Crippen molar-refractivity contribution in [3.8, 4) is 0 Å². The summed E-state index contributed by atoms with van der Waals surface area (Å²) in [4.78, 5) is 22.8. The fraction of sp³-hybridized carbons (Fsp3) is 0.125. The highest BCUT2D eigenvalue weighted by Gasteiger charge is 2.04. The third-order valence-corrected chi connectivity index (χ3v) is 2.99. The van der Waals surface area contributed by atoms with Crippen LogP contribution in [0.4, 0.5) is 16.2 Å². The van der Waals surface area contributed by atoms with Crippen molar-refractivity contribution < 1.29 is 14.3 Å². The van der Waals surface area contributed by atoms with Crippen molar-refractivity contribution in [3.63, 3.8) is 0 Å². The lowest BCUT2D eigenvalue weighted by atomic mass is 10.2. The van der Waals surface area contributed by atoms with Gasteiger partial charge in [-0.05, 0) is 29.8 Å². The largest absolute Gasteiger partial charge is 0.444 e. The summed E-state index contributed by atoms with van der Waals surface area (Å²) >= 11 is 5.40. The monoisotopic (exact) mass is 318 g/mol. The van der Waals surface area contributed by atoms with Crippen LogP contribution in [0.3, 0.4) is 0 Å². The highest BCUT2D eigenvalue weighted by molar-refractivity contribution is 6.29. The van der Waals surface area contributed by atoms with Crippen LogP contribution in [0.15, 0.2) is 54.6 Å². The summed E-state index contributed by atoms with van der Waals surface area (Å²) in [6, 6.07) is 16.1. The lowest BCUT2D eigenvalue weighted by molar-refractivity contribution is -0.113. The second-order valence-electron chi connectivity index (χ2n) is 4.45. The number of rotatable bonds is 5. The molecule has 2 N–H and O–H groups in total. The van der Waals surface area contributed by atoms with Gasteiger partial charge in [-0.25, -0.2) is 4.79 Å². The Labute approximate surface area is 133 Å². The van der Waals surface area contributed by atoms with E-state index < -0.39 is 6.09 Å². The van der Waals surface area contributed by atoms with Gasteiger partial charge >= 0.3 is 6.09 Å². The smallest absolute Gasteiger partial charge is 0.411 e. The van der Waals surface area contributed by atoms with Crippen molar-refractivity contribution >= 4 is 35.0 Å². The van der Waals surface area contributed by atoms with E-state index in [4.69, 9.17) is 16.3 Å². The van der Waals surface area contributed by atoms with Gasteiger partial charge in [0.25, 0.3) is 0 Å². The van der Waals surface area contributed by atoms with Gasteiger partial charge in [0.2, 0.25) is 5.91 Å². The molecule has 2 rings (SSSR count). The van der Waals surface area contributed by atoms with Crippen LogP contribution in [0.1, 0.15) is 5.56 Å². The summed E-state index contributed by atoms with van der Waals surface area (Å²) in [7, 11) is 0. The van der Waals surface area contributed by atoms with Crippen molar-refractivity contribution in [2.24, 2.45) is 0 Å². The minimum atomic E-state index is -0.540. The van der Waals surface area contributed by atoms with Crippen molar-refractivity contribution in [1.29, 1.82) is 0 Å². The van der Waals surface area contributed by atoms with E-state index in [-0.39, 0.29) is 18.4 Å². The van der Waals surface area contributed by atoms with Crippen LogP contribution >= 0.6 is 11.6 Å². The number of ether oxygens (including phenoxy) is 1. The van der Waals surface area contributed by atoms with E-state index in [1.54, 1.807) is 24.3 Å². The van der Waals surface area contributed by atoms with E-state index >= 15 is 0 Å². The highest BCUT2D eigenvalue weighted by Crippen LogP contribution is 2.14. The summed E-state index contributed by atoms with van der Waals surface area (Å²) in [5, 5.41) is 5.21. The molecule has 0 aliphatic rings. The SMILES string of the molecule is O=C(CCl)Nc1ccc(NC(=O)OCc2ccccc2)cc1. The van der Waals surface area contributed by atoms with Crippen molar-refractivity contribution in [1.82, 2.24) is 0 Å². The van der Waals surface area contributed by atoms with E-state index in [1.165, 1.54) is 0 Å². The first kappa shape index (κ1) is 15.9. The number of amides is 2. The zero-order valence-electron chi connectivity index (χ0n) is 11.7. The molecule has 0 radical (unpaired) electrons. The fourth-order valence-corrected chi connectivity index (χ4v) is 1.78. The Morgan fingerprint density at radius 3 is 2.09 bits per heavy atom. The van der Waals surface area contributed by atoms with Crippen LogP contribution in [0.5, 0.6) is 0 Å². The first-order valence-corrected chi connectivity index (χ1v) is 7.14. The number of hydrogen-bond donors (Lipinski definition) is 2. The van der Waals surface area contributed by atoms with Crippen LogP contribution in [0, 0.1) is 0 Å². The molecule has 0 aliphatic heterocycles. The molecule has 6 heteroatoms. The number of halogens is 1. The Morgan fingerprint density at radius 2 is 1.50 bits per heavy atom. The molecule has 0 saturated carbocycles. The first-order chi connectivity index (χ1) is 10.7. The lowest BCUT2D eigenvalue weighted by Crippen LogP contribution is -2.14. The molecule has 0 aliphatic carbocycles. The first-order valence-electron chi connectivity index (χ1n) is 6.61. The molecule has 0 unspecified atom stereocenters. The third-order valence-electron chi connectivity index (χ3n) is 2.75. The van der Waals surface area contributed by atoms with Crippen LogP contribution in [0.2, 0.25) is 0 Å². The number of benzene rings is 2. The van der Waals surface area contributed by atoms with Gasteiger partial charge in [-0.15, -0.1) is 11.6 Å². The normalized spacial score (nSPS) is 9.86. The van der Waals surface area contributed by atoms with Gasteiger partial charge in [0.1, 0.15) is 12.5 Å². The molecule has 114 valence electrons. The molecule has 0 aromatic heterocycles. The number of hydrogen-bond acceptors (Lipinski definition) is 3. The molecule has 0 fully saturated rings. The Balaban J connectivity index is 1.82. The maximum absolute atomic E-state index is 11.7. The Hall–Kier alpha value is -2.53. The van der Waals surface area contributed by atoms with Crippen LogP contribution < -0.4 is 10.6 Å². The van der Waals surface area contributed by atoms with E-state index in [2.05, 4.69) is 10.6 Å². The van der Waals surface area contributed by atoms with Gasteiger partial charge < -0.3 is 10.1 Å². The van der Waals surface area contributed by atoms with E-state index in [9.17, 15) is 9.59 Å². The van der Waals surface area contributed by atoms with Crippen molar-refractivity contribution in [2.75, 3.05) is 16.5 Å². The Kier molecular flexibility index (Phi) is 5.80. The van der Waals surface area contributed by atoms with E-state index in [0.717, 1.165) is 5.56 Å². The highest BCUT2D eigenvalue weighted by atomic mass is 35.5. The molecule has 2 amide bonds. The maximum atomic E-state index is 11.7. The average Bonchev–Trinajstić information content (AvgIpc) is 2.55. The van der Waals surface area contributed by atoms with Gasteiger partial charge in [0.15, 0.2) is 0 Å². The zero-order valence-corrected chi connectivity index (χ0v) is 12.5. The molecule has 5 nitrogen and oxygen atoms in total. The molecular weight excluding hydrogens is 304 g/mol. The molecule has 0 atom stereocenters. The number of anilines is 2. The Morgan fingerprint density at radius 1 is 0.909 bits per heavy atom. The fourth-order valence-electron chi connectivity index (χ4n) is 1.71. The van der Waals surface area contributed by atoms with Crippen molar-refractivity contribution in [3.05, 3.63) is 60.2 Å². The van der Waals surface area contributed by atoms with Crippen LogP contribution in [-0.2, 0) is 16.1 Å².